The zero-order valence-corrected chi connectivity index (χ0v) is 15.9. The van der Waals surface area contributed by atoms with Crippen LogP contribution in [-0.2, 0) is 9.59 Å². The van der Waals surface area contributed by atoms with Gasteiger partial charge in [-0.25, -0.2) is 0 Å². The van der Waals surface area contributed by atoms with E-state index in [0.29, 0.717) is 35.6 Å². The molecule has 2 aromatic carbocycles. The predicted molar refractivity (Wildman–Crippen MR) is 105 cm³/mol. The predicted octanol–water partition coefficient (Wildman–Crippen LogP) is 2.31. The summed E-state index contributed by atoms with van der Waals surface area (Å²) in [6.07, 6.45) is 0.898. The Morgan fingerprint density at radius 2 is 1.79 bits per heavy atom. The number of carbonyl (C=O) groups is 3. The number of benzene rings is 2. The first-order chi connectivity index (χ1) is 13.9. The molecule has 1 fully saturated rings. The maximum atomic E-state index is 12.2. The van der Waals surface area contributed by atoms with Crippen LogP contribution in [0.1, 0.15) is 23.2 Å². The van der Waals surface area contributed by atoms with Crippen molar-refractivity contribution in [2.24, 2.45) is 5.92 Å². The molecule has 0 heterocycles. The molecule has 3 N–H and O–H groups in total. The van der Waals surface area contributed by atoms with Crippen LogP contribution in [0.4, 0.5) is 5.69 Å². The van der Waals surface area contributed by atoms with E-state index in [1.807, 2.05) is 0 Å². The van der Waals surface area contributed by atoms with Crippen molar-refractivity contribution in [3.63, 3.8) is 0 Å². The summed E-state index contributed by atoms with van der Waals surface area (Å²) in [6.45, 7) is -0.179. The van der Waals surface area contributed by atoms with Gasteiger partial charge in [-0.2, -0.15) is 0 Å². The first-order valence-corrected chi connectivity index (χ1v) is 9.15. The van der Waals surface area contributed by atoms with Gasteiger partial charge in [-0.05, 0) is 49.2 Å². The monoisotopic (exact) mass is 398 g/mol. The van der Waals surface area contributed by atoms with Crippen LogP contribution in [0.5, 0.6) is 11.5 Å². The minimum atomic E-state index is -0.826. The lowest BCUT2D eigenvalue weighted by Crippen LogP contribution is -2.46. The fraction of sp³-hybridized carbons (Fsp3) is 0.286. The normalized spacial score (nSPS) is 17.6. The van der Waals surface area contributed by atoms with Crippen LogP contribution in [-0.4, -0.2) is 42.6 Å². The number of carboxylic acids is 1. The third kappa shape index (κ3) is 5.47. The lowest BCUT2D eigenvalue weighted by atomic mass is 9.80. The molecule has 29 heavy (non-hydrogen) atoms. The van der Waals surface area contributed by atoms with E-state index in [-0.39, 0.29) is 30.4 Å². The highest BCUT2D eigenvalue weighted by molar-refractivity contribution is 5.95. The average Bonchev–Trinajstić information content (AvgIpc) is 2.69. The first kappa shape index (κ1) is 20.2. The molecule has 1 saturated carbocycles. The minimum Gasteiger partial charge on any atom is -0.497 e. The molecule has 8 nitrogen and oxygen atoms in total. The Balaban J connectivity index is 1.44. The number of amides is 2. The van der Waals surface area contributed by atoms with E-state index in [9.17, 15) is 14.4 Å². The number of methoxy groups -OCH3 is 1. The highest BCUT2D eigenvalue weighted by atomic mass is 16.5. The van der Waals surface area contributed by atoms with Gasteiger partial charge in [-0.15, -0.1) is 0 Å². The highest BCUT2D eigenvalue weighted by Crippen LogP contribution is 2.27. The van der Waals surface area contributed by atoms with Gasteiger partial charge in [-0.3, -0.25) is 14.4 Å². The number of hydrogen-bond acceptors (Lipinski definition) is 5. The van der Waals surface area contributed by atoms with Crippen molar-refractivity contribution in [3.05, 3.63) is 54.1 Å². The minimum absolute atomic E-state index is 0.111. The third-order valence-corrected chi connectivity index (χ3v) is 4.66. The maximum Gasteiger partial charge on any atom is 0.306 e. The molecule has 0 spiro atoms. The zero-order valence-electron chi connectivity index (χ0n) is 15.9. The van der Waals surface area contributed by atoms with Crippen LogP contribution in [0.3, 0.4) is 0 Å². The van der Waals surface area contributed by atoms with Crippen LogP contribution in [0, 0.1) is 5.92 Å². The van der Waals surface area contributed by atoms with Crippen molar-refractivity contribution in [3.8, 4) is 11.5 Å². The summed E-state index contributed by atoms with van der Waals surface area (Å²) < 4.78 is 10.6. The Hall–Kier alpha value is -3.55. The van der Waals surface area contributed by atoms with E-state index in [1.165, 1.54) is 0 Å². The highest BCUT2D eigenvalue weighted by Gasteiger charge is 2.35. The second-order valence-corrected chi connectivity index (χ2v) is 6.77. The lowest BCUT2D eigenvalue weighted by molar-refractivity contribution is -0.145. The van der Waals surface area contributed by atoms with E-state index in [0.717, 1.165) is 0 Å². The van der Waals surface area contributed by atoms with E-state index >= 15 is 0 Å². The first-order valence-electron chi connectivity index (χ1n) is 9.15. The van der Waals surface area contributed by atoms with Crippen LogP contribution in [0.15, 0.2) is 48.5 Å². The van der Waals surface area contributed by atoms with Gasteiger partial charge in [0.15, 0.2) is 6.61 Å². The topological polar surface area (TPSA) is 114 Å². The molecule has 2 aromatic rings. The Morgan fingerprint density at radius 1 is 1.07 bits per heavy atom. The average molecular weight is 398 g/mol. The van der Waals surface area contributed by atoms with Gasteiger partial charge in [0.2, 0.25) is 0 Å². The number of aliphatic carboxylic acids is 1. The van der Waals surface area contributed by atoms with Crippen molar-refractivity contribution in [2.45, 2.75) is 18.9 Å². The Kier molecular flexibility index (Phi) is 6.33. The summed E-state index contributed by atoms with van der Waals surface area (Å²) in [5.41, 5.74) is 1.04. The molecule has 0 bridgehead atoms. The van der Waals surface area contributed by atoms with Crippen LogP contribution >= 0.6 is 0 Å². The van der Waals surface area contributed by atoms with Gasteiger partial charge in [0.25, 0.3) is 11.8 Å². The van der Waals surface area contributed by atoms with E-state index in [4.69, 9.17) is 14.6 Å². The van der Waals surface area contributed by atoms with Crippen molar-refractivity contribution in [1.29, 1.82) is 0 Å². The van der Waals surface area contributed by atoms with Gasteiger partial charge in [-0.1, -0.05) is 6.07 Å². The van der Waals surface area contributed by atoms with Crippen molar-refractivity contribution < 1.29 is 29.0 Å². The molecule has 0 aromatic heterocycles. The number of carboxylic acid groups (broad SMARTS) is 1. The van der Waals surface area contributed by atoms with Crippen LogP contribution in [0.2, 0.25) is 0 Å². The van der Waals surface area contributed by atoms with E-state index in [1.54, 1.807) is 55.6 Å². The number of carbonyl (C=O) groups excluding carboxylic acids is 2. The van der Waals surface area contributed by atoms with E-state index < -0.39 is 5.97 Å². The molecule has 0 radical (unpaired) electrons. The molecule has 0 unspecified atom stereocenters. The largest absolute Gasteiger partial charge is 0.497 e. The molecule has 1 aliphatic rings. The molecule has 0 aliphatic heterocycles. The quantitative estimate of drug-likeness (QED) is 0.629. The number of hydrogen-bond donors (Lipinski definition) is 3. The van der Waals surface area contributed by atoms with Crippen molar-refractivity contribution >= 4 is 23.5 Å². The maximum absolute atomic E-state index is 12.2. The van der Waals surface area contributed by atoms with Gasteiger partial charge in [0, 0.05) is 23.4 Å². The SMILES string of the molecule is COc1cccc(NC(=O)COc2ccc(C(=O)NC3CC(C(=O)O)C3)cc2)c1. The van der Waals surface area contributed by atoms with Crippen LogP contribution < -0.4 is 20.1 Å². The second-order valence-electron chi connectivity index (χ2n) is 6.77. The summed E-state index contributed by atoms with van der Waals surface area (Å²) in [7, 11) is 1.55. The summed E-state index contributed by atoms with van der Waals surface area (Å²) in [4.78, 5) is 35.0. The molecular formula is C21H22N2O6. The summed E-state index contributed by atoms with van der Waals surface area (Å²) in [6, 6.07) is 13.3. The number of nitrogens with one attached hydrogen (secondary N) is 2. The van der Waals surface area contributed by atoms with Gasteiger partial charge in [0.05, 0.1) is 13.0 Å². The Morgan fingerprint density at radius 3 is 2.45 bits per heavy atom. The Labute approximate surface area is 167 Å². The number of ether oxygens (including phenoxy) is 2. The molecule has 0 atom stereocenters. The van der Waals surface area contributed by atoms with Gasteiger partial charge >= 0.3 is 5.97 Å². The van der Waals surface area contributed by atoms with E-state index in [2.05, 4.69) is 10.6 Å². The van der Waals surface area contributed by atoms with Crippen LogP contribution in [0.25, 0.3) is 0 Å². The fourth-order valence-electron chi connectivity index (χ4n) is 2.96. The summed E-state index contributed by atoms with van der Waals surface area (Å²) >= 11 is 0. The standard InChI is InChI=1S/C21H22N2O6/c1-28-18-4-2-3-15(11-18)22-19(24)12-29-17-7-5-13(6-8-17)20(25)23-16-9-14(10-16)21(26)27/h2-8,11,14,16H,9-10,12H2,1H3,(H,22,24)(H,23,25)(H,26,27). The lowest BCUT2D eigenvalue weighted by Gasteiger charge is -2.32. The molecule has 0 saturated heterocycles. The van der Waals surface area contributed by atoms with Crippen molar-refractivity contribution in [1.82, 2.24) is 5.32 Å². The Bertz CT molecular complexity index is 890. The number of anilines is 1. The van der Waals surface area contributed by atoms with Gasteiger partial charge < -0.3 is 25.2 Å². The third-order valence-electron chi connectivity index (χ3n) is 4.66. The molecule has 2 amide bonds. The molecule has 152 valence electrons. The zero-order chi connectivity index (χ0) is 20.8. The fourth-order valence-corrected chi connectivity index (χ4v) is 2.96. The second kappa shape index (κ2) is 9.09. The molecular weight excluding hydrogens is 376 g/mol. The molecule has 3 rings (SSSR count). The smallest absolute Gasteiger partial charge is 0.306 e. The van der Waals surface area contributed by atoms with Crippen molar-refractivity contribution in [2.75, 3.05) is 19.0 Å². The molecule has 8 heteroatoms. The molecule has 1 aliphatic carbocycles. The number of rotatable bonds is 8. The van der Waals surface area contributed by atoms with Gasteiger partial charge in [0.1, 0.15) is 11.5 Å². The summed E-state index contributed by atoms with van der Waals surface area (Å²) in [5.74, 6) is -0.694. The summed E-state index contributed by atoms with van der Waals surface area (Å²) in [5, 5.41) is 14.4.